The summed E-state index contributed by atoms with van der Waals surface area (Å²) in [6.07, 6.45) is 6.31. The van der Waals surface area contributed by atoms with Crippen molar-refractivity contribution in [1.29, 1.82) is 0 Å². The van der Waals surface area contributed by atoms with Crippen molar-refractivity contribution in [1.82, 2.24) is 0 Å². The monoisotopic (exact) mass is 385 g/mol. The summed E-state index contributed by atoms with van der Waals surface area (Å²) in [4.78, 5) is 0. The number of hydrogen-bond donors (Lipinski definition) is 1. The lowest BCUT2D eigenvalue weighted by Crippen LogP contribution is -2.06. The molecule has 0 spiro atoms. The quantitative estimate of drug-likeness (QED) is 0.378. The predicted octanol–water partition coefficient (Wildman–Crippen LogP) is 6.06. The second kappa shape index (κ2) is 13.9. The smallest absolute Gasteiger partial charge is 0.119 e. The van der Waals surface area contributed by atoms with E-state index in [0.717, 1.165) is 43.4 Å². The van der Waals surface area contributed by atoms with Gasteiger partial charge in [0.1, 0.15) is 18.1 Å². The van der Waals surface area contributed by atoms with Crippen molar-refractivity contribution < 1.29 is 14.2 Å². The first kappa shape index (κ1) is 22.1. The van der Waals surface area contributed by atoms with E-state index in [0.29, 0.717) is 13.2 Å². The average molecular weight is 386 g/mol. The van der Waals surface area contributed by atoms with E-state index in [2.05, 4.69) is 36.5 Å². The van der Waals surface area contributed by atoms with E-state index < -0.39 is 0 Å². The van der Waals surface area contributed by atoms with Crippen molar-refractivity contribution in [3.8, 4) is 11.5 Å². The molecule has 2 rings (SSSR count). The molecule has 2 aromatic rings. The van der Waals surface area contributed by atoms with Crippen LogP contribution in [0.15, 0.2) is 48.5 Å². The maximum absolute atomic E-state index is 5.82. The zero-order chi connectivity index (χ0) is 19.9. The van der Waals surface area contributed by atoms with Crippen LogP contribution in [0.2, 0.25) is 0 Å². The largest absolute Gasteiger partial charge is 0.494 e. The molecule has 0 amide bonds. The molecule has 0 heterocycles. The Morgan fingerprint density at radius 1 is 0.679 bits per heavy atom. The van der Waals surface area contributed by atoms with Crippen LogP contribution in [0.25, 0.3) is 0 Å². The predicted molar refractivity (Wildman–Crippen MR) is 116 cm³/mol. The zero-order valence-corrected chi connectivity index (χ0v) is 17.4. The van der Waals surface area contributed by atoms with Crippen LogP contribution in [-0.4, -0.2) is 26.4 Å². The number of anilines is 1. The molecular formula is C24H35NO3. The van der Waals surface area contributed by atoms with Crippen LogP contribution in [0.5, 0.6) is 11.5 Å². The van der Waals surface area contributed by atoms with Crippen molar-refractivity contribution >= 4 is 5.69 Å². The zero-order valence-electron chi connectivity index (χ0n) is 17.4. The summed E-state index contributed by atoms with van der Waals surface area (Å²) >= 11 is 0. The molecule has 0 aliphatic rings. The Bertz CT molecular complexity index is 625. The van der Waals surface area contributed by atoms with E-state index >= 15 is 0 Å². The normalized spacial score (nSPS) is 10.6. The Labute approximate surface area is 170 Å². The van der Waals surface area contributed by atoms with Crippen molar-refractivity contribution in [3.05, 3.63) is 54.1 Å². The van der Waals surface area contributed by atoms with Gasteiger partial charge in [-0.1, -0.05) is 44.7 Å². The van der Waals surface area contributed by atoms with Crippen LogP contribution in [0.3, 0.4) is 0 Å². The third kappa shape index (κ3) is 9.14. The van der Waals surface area contributed by atoms with Crippen LogP contribution in [-0.2, 0) is 11.3 Å². The fourth-order valence-corrected chi connectivity index (χ4v) is 2.84. The summed E-state index contributed by atoms with van der Waals surface area (Å²) in [5.41, 5.74) is 2.30. The second-order valence-electron chi connectivity index (χ2n) is 6.83. The summed E-state index contributed by atoms with van der Waals surface area (Å²) < 4.78 is 16.7. The Morgan fingerprint density at radius 2 is 1.32 bits per heavy atom. The first-order valence-electron chi connectivity index (χ1n) is 10.6. The third-order valence-electron chi connectivity index (χ3n) is 4.49. The van der Waals surface area contributed by atoms with Gasteiger partial charge in [0.15, 0.2) is 0 Å². The molecule has 0 aromatic heterocycles. The molecule has 154 valence electrons. The molecule has 4 nitrogen and oxygen atoms in total. The molecule has 0 fully saturated rings. The van der Waals surface area contributed by atoms with Crippen molar-refractivity contribution in [2.24, 2.45) is 0 Å². The highest BCUT2D eigenvalue weighted by Crippen LogP contribution is 2.18. The number of benzene rings is 2. The van der Waals surface area contributed by atoms with Crippen LogP contribution < -0.4 is 14.8 Å². The van der Waals surface area contributed by atoms with E-state index in [9.17, 15) is 0 Å². The van der Waals surface area contributed by atoms with Crippen molar-refractivity contribution in [2.45, 2.75) is 52.5 Å². The van der Waals surface area contributed by atoms with Gasteiger partial charge in [-0.15, -0.1) is 0 Å². The van der Waals surface area contributed by atoms with Gasteiger partial charge >= 0.3 is 0 Å². The number of ether oxygens (including phenoxy) is 3. The number of nitrogens with one attached hydrogen (secondary N) is 1. The van der Waals surface area contributed by atoms with Gasteiger partial charge in [0.25, 0.3) is 0 Å². The van der Waals surface area contributed by atoms with Crippen LogP contribution in [0, 0.1) is 0 Å². The molecule has 0 bridgehead atoms. The van der Waals surface area contributed by atoms with E-state index in [-0.39, 0.29) is 0 Å². The molecule has 0 unspecified atom stereocenters. The first-order valence-corrected chi connectivity index (χ1v) is 10.6. The van der Waals surface area contributed by atoms with Crippen LogP contribution in [0.4, 0.5) is 5.69 Å². The summed E-state index contributed by atoms with van der Waals surface area (Å²) in [5, 5.41) is 3.43. The highest BCUT2D eigenvalue weighted by atomic mass is 16.5. The molecule has 0 saturated heterocycles. The highest BCUT2D eigenvalue weighted by molar-refractivity contribution is 5.47. The van der Waals surface area contributed by atoms with Crippen LogP contribution in [0.1, 0.15) is 51.5 Å². The molecular weight excluding hydrogens is 350 g/mol. The molecule has 0 saturated carbocycles. The lowest BCUT2D eigenvalue weighted by atomic mass is 10.2. The molecule has 28 heavy (non-hydrogen) atoms. The summed E-state index contributed by atoms with van der Waals surface area (Å²) in [6.45, 7) is 7.72. The molecule has 0 atom stereocenters. The highest BCUT2D eigenvalue weighted by Gasteiger charge is 1.99. The van der Waals surface area contributed by atoms with Crippen molar-refractivity contribution in [2.75, 3.05) is 31.7 Å². The SMILES string of the molecule is CCCCCCCOc1ccc(CNc2ccc(OCCOCC)cc2)cc1. The maximum atomic E-state index is 5.82. The number of rotatable bonds is 15. The minimum atomic E-state index is 0.577. The van der Waals surface area contributed by atoms with Gasteiger partial charge in [-0.3, -0.25) is 0 Å². The van der Waals surface area contributed by atoms with Crippen molar-refractivity contribution in [3.63, 3.8) is 0 Å². The number of hydrogen-bond acceptors (Lipinski definition) is 4. The lowest BCUT2D eigenvalue weighted by molar-refractivity contribution is 0.110. The van der Waals surface area contributed by atoms with Gasteiger partial charge in [0, 0.05) is 18.8 Å². The molecule has 0 radical (unpaired) electrons. The maximum Gasteiger partial charge on any atom is 0.119 e. The molecule has 2 aromatic carbocycles. The lowest BCUT2D eigenvalue weighted by Gasteiger charge is -2.10. The summed E-state index contributed by atoms with van der Waals surface area (Å²) in [6, 6.07) is 16.4. The van der Waals surface area contributed by atoms with E-state index in [1.165, 1.54) is 31.2 Å². The minimum absolute atomic E-state index is 0.577. The summed E-state index contributed by atoms with van der Waals surface area (Å²) in [5.74, 6) is 1.81. The summed E-state index contributed by atoms with van der Waals surface area (Å²) in [7, 11) is 0. The van der Waals surface area contributed by atoms with Crippen LogP contribution >= 0.6 is 0 Å². The Balaban J connectivity index is 1.65. The van der Waals surface area contributed by atoms with Gasteiger partial charge in [0.2, 0.25) is 0 Å². The molecule has 0 aliphatic carbocycles. The van der Waals surface area contributed by atoms with E-state index in [1.807, 2.05) is 31.2 Å². The van der Waals surface area contributed by atoms with Gasteiger partial charge in [0.05, 0.1) is 13.2 Å². The minimum Gasteiger partial charge on any atom is -0.494 e. The average Bonchev–Trinajstić information content (AvgIpc) is 2.74. The van der Waals surface area contributed by atoms with Gasteiger partial charge in [-0.2, -0.15) is 0 Å². The van der Waals surface area contributed by atoms with Gasteiger partial charge in [-0.05, 0) is 55.3 Å². The van der Waals surface area contributed by atoms with E-state index in [1.54, 1.807) is 0 Å². The topological polar surface area (TPSA) is 39.7 Å². The van der Waals surface area contributed by atoms with Gasteiger partial charge in [-0.25, -0.2) is 0 Å². The fourth-order valence-electron chi connectivity index (χ4n) is 2.84. The Kier molecular flexibility index (Phi) is 11.0. The Morgan fingerprint density at radius 3 is 2.00 bits per heavy atom. The van der Waals surface area contributed by atoms with E-state index in [4.69, 9.17) is 14.2 Å². The second-order valence-corrected chi connectivity index (χ2v) is 6.83. The standard InChI is InChI=1S/C24H35NO3/c1-3-5-6-7-8-17-27-23-13-9-21(10-14-23)20-25-22-11-15-24(16-12-22)28-19-18-26-4-2/h9-16,25H,3-8,17-20H2,1-2H3. The fraction of sp³-hybridized carbons (Fsp3) is 0.500. The van der Waals surface area contributed by atoms with Gasteiger partial charge < -0.3 is 19.5 Å². The first-order chi connectivity index (χ1) is 13.8. The molecule has 4 heteroatoms. The molecule has 0 aliphatic heterocycles. The third-order valence-corrected chi connectivity index (χ3v) is 4.49. The molecule has 1 N–H and O–H groups in total. The number of unbranched alkanes of at least 4 members (excludes halogenated alkanes) is 4. The Hall–Kier alpha value is -2.20.